The maximum absolute atomic E-state index is 12.2. The second kappa shape index (κ2) is 9.53. The van der Waals surface area contributed by atoms with Crippen LogP contribution in [0.25, 0.3) is 27.7 Å². The largest absolute Gasteiger partial charge is 0.497 e. The lowest BCUT2D eigenvalue weighted by Crippen LogP contribution is -2.21. The number of ether oxygens (including phenoxy) is 2. The van der Waals surface area contributed by atoms with E-state index >= 15 is 0 Å². The van der Waals surface area contributed by atoms with Gasteiger partial charge in [-0.15, -0.1) is 0 Å². The highest BCUT2D eigenvalue weighted by Crippen LogP contribution is 2.41. The molecule has 3 rings (SSSR count). The number of hydrogen-bond donors (Lipinski definition) is 1. The summed E-state index contributed by atoms with van der Waals surface area (Å²) in [4.78, 5) is 12.2. The maximum atomic E-state index is 12.2. The van der Waals surface area contributed by atoms with Crippen molar-refractivity contribution in [3.63, 3.8) is 0 Å². The van der Waals surface area contributed by atoms with E-state index in [2.05, 4.69) is 11.4 Å². The van der Waals surface area contributed by atoms with E-state index in [1.807, 2.05) is 52.0 Å². The number of allylic oxidation sites excluding steroid dienone is 1. The van der Waals surface area contributed by atoms with Gasteiger partial charge in [-0.3, -0.25) is 4.79 Å². The first-order valence-electron chi connectivity index (χ1n) is 10.3. The molecule has 0 radical (unpaired) electrons. The van der Waals surface area contributed by atoms with Gasteiger partial charge in [-0.25, -0.2) is 0 Å². The van der Waals surface area contributed by atoms with E-state index < -0.39 is 0 Å². The Bertz CT molecular complexity index is 1060. The van der Waals surface area contributed by atoms with Crippen LogP contribution in [0.2, 0.25) is 0 Å². The molecule has 0 fully saturated rings. The van der Waals surface area contributed by atoms with Crippen molar-refractivity contribution in [1.29, 1.82) is 0 Å². The third-order valence-electron chi connectivity index (χ3n) is 5.06. The summed E-state index contributed by atoms with van der Waals surface area (Å²) in [5.41, 5.74) is 5.47. The van der Waals surface area contributed by atoms with E-state index in [4.69, 9.17) is 13.9 Å². The standard InChI is InChI=1S/C25H29NO4/c1-6-12-26-23(27)13-16(3)20-14-21-22(18-8-10-19(28-5)11-9-18)15-30-25(21)17(4)24(20)29-7-2/h8-11,13-15H,6-7,12H2,1-5H3,(H,26,27)/b16-13+. The SMILES string of the molecule is CCCNC(=O)/C=C(\C)c1cc2c(-c3ccc(OC)cc3)coc2c(C)c1OCC. The number of nitrogens with one attached hydrogen (secondary N) is 1. The minimum Gasteiger partial charge on any atom is -0.497 e. The average molecular weight is 408 g/mol. The van der Waals surface area contributed by atoms with Crippen LogP contribution in [-0.2, 0) is 4.79 Å². The molecule has 1 aromatic heterocycles. The molecule has 0 aliphatic rings. The lowest BCUT2D eigenvalue weighted by Gasteiger charge is -2.15. The lowest BCUT2D eigenvalue weighted by molar-refractivity contribution is -0.116. The number of fused-ring (bicyclic) bond motifs is 1. The highest BCUT2D eigenvalue weighted by molar-refractivity contribution is 6.01. The molecule has 1 N–H and O–H groups in total. The molecule has 3 aromatic rings. The summed E-state index contributed by atoms with van der Waals surface area (Å²) in [6, 6.07) is 9.93. The topological polar surface area (TPSA) is 60.7 Å². The third-order valence-corrected chi connectivity index (χ3v) is 5.06. The van der Waals surface area contributed by atoms with Crippen molar-refractivity contribution in [3.05, 3.63) is 53.8 Å². The molecule has 158 valence electrons. The number of carbonyl (C=O) groups is 1. The molecule has 1 heterocycles. The number of furan rings is 1. The van der Waals surface area contributed by atoms with Crippen LogP contribution in [0.5, 0.6) is 11.5 Å². The molecule has 0 spiro atoms. The number of aryl methyl sites for hydroxylation is 1. The monoisotopic (exact) mass is 407 g/mol. The zero-order chi connectivity index (χ0) is 21.7. The van der Waals surface area contributed by atoms with Gasteiger partial charge in [0.25, 0.3) is 0 Å². The second-order valence-electron chi connectivity index (χ2n) is 7.18. The first kappa shape index (κ1) is 21.5. The number of benzene rings is 2. The minimum atomic E-state index is -0.0999. The van der Waals surface area contributed by atoms with Crippen LogP contribution >= 0.6 is 0 Å². The van der Waals surface area contributed by atoms with Crippen LogP contribution in [-0.4, -0.2) is 26.2 Å². The summed E-state index contributed by atoms with van der Waals surface area (Å²) in [5.74, 6) is 1.45. The number of methoxy groups -OCH3 is 1. The lowest BCUT2D eigenvalue weighted by atomic mass is 9.96. The Labute approximate surface area is 177 Å². The molecule has 0 aliphatic heterocycles. The van der Waals surface area contributed by atoms with Gasteiger partial charge in [-0.05, 0) is 56.5 Å². The number of rotatable bonds is 8. The van der Waals surface area contributed by atoms with Gasteiger partial charge in [0.05, 0.1) is 20.0 Å². The predicted molar refractivity (Wildman–Crippen MR) is 121 cm³/mol. The van der Waals surface area contributed by atoms with E-state index in [0.717, 1.165) is 56.7 Å². The fourth-order valence-corrected chi connectivity index (χ4v) is 3.51. The molecular weight excluding hydrogens is 378 g/mol. The molecule has 5 nitrogen and oxygen atoms in total. The van der Waals surface area contributed by atoms with Crippen molar-refractivity contribution in [2.45, 2.75) is 34.1 Å². The Morgan fingerprint density at radius 2 is 1.93 bits per heavy atom. The quantitative estimate of drug-likeness (QED) is 0.483. The van der Waals surface area contributed by atoms with E-state index in [1.165, 1.54) is 0 Å². The van der Waals surface area contributed by atoms with Crippen LogP contribution in [0.1, 0.15) is 38.3 Å². The van der Waals surface area contributed by atoms with Crippen LogP contribution in [0.3, 0.4) is 0 Å². The minimum absolute atomic E-state index is 0.0999. The van der Waals surface area contributed by atoms with Gasteiger partial charge in [0.15, 0.2) is 0 Å². The van der Waals surface area contributed by atoms with E-state index in [9.17, 15) is 4.79 Å². The highest BCUT2D eigenvalue weighted by Gasteiger charge is 2.19. The van der Waals surface area contributed by atoms with Crippen molar-refractivity contribution >= 4 is 22.4 Å². The number of amides is 1. The average Bonchev–Trinajstić information content (AvgIpc) is 3.18. The molecular formula is C25H29NO4. The Balaban J connectivity index is 2.14. The first-order valence-corrected chi connectivity index (χ1v) is 10.3. The van der Waals surface area contributed by atoms with Gasteiger partial charge in [0.2, 0.25) is 5.91 Å². The van der Waals surface area contributed by atoms with Crippen LogP contribution in [0.4, 0.5) is 0 Å². The predicted octanol–water partition coefficient (Wildman–Crippen LogP) is 5.75. The zero-order valence-corrected chi connectivity index (χ0v) is 18.3. The van der Waals surface area contributed by atoms with Crippen molar-refractivity contribution in [2.75, 3.05) is 20.3 Å². The van der Waals surface area contributed by atoms with Crippen molar-refractivity contribution in [3.8, 4) is 22.6 Å². The molecule has 0 bridgehead atoms. The number of hydrogen-bond acceptors (Lipinski definition) is 4. The van der Waals surface area contributed by atoms with E-state index in [0.29, 0.717) is 13.2 Å². The molecule has 1 amide bonds. The van der Waals surface area contributed by atoms with Gasteiger partial charge in [0, 0.05) is 34.7 Å². The summed E-state index contributed by atoms with van der Waals surface area (Å²) < 4.78 is 17.2. The highest BCUT2D eigenvalue weighted by atomic mass is 16.5. The molecule has 5 heteroatoms. The van der Waals surface area contributed by atoms with Gasteiger partial charge in [-0.1, -0.05) is 19.1 Å². The summed E-state index contributed by atoms with van der Waals surface area (Å²) in [6.45, 7) is 9.08. The smallest absolute Gasteiger partial charge is 0.244 e. The van der Waals surface area contributed by atoms with Crippen LogP contribution in [0.15, 0.2) is 47.1 Å². The fourth-order valence-electron chi connectivity index (χ4n) is 3.51. The third kappa shape index (κ3) is 4.35. The molecule has 0 saturated carbocycles. The van der Waals surface area contributed by atoms with Crippen molar-refractivity contribution in [1.82, 2.24) is 5.32 Å². The zero-order valence-electron chi connectivity index (χ0n) is 18.3. The van der Waals surface area contributed by atoms with Gasteiger partial charge in [-0.2, -0.15) is 0 Å². The van der Waals surface area contributed by atoms with E-state index in [-0.39, 0.29) is 5.91 Å². The van der Waals surface area contributed by atoms with Gasteiger partial charge >= 0.3 is 0 Å². The van der Waals surface area contributed by atoms with Gasteiger partial charge in [0.1, 0.15) is 17.1 Å². The molecule has 30 heavy (non-hydrogen) atoms. The first-order chi connectivity index (χ1) is 14.5. The van der Waals surface area contributed by atoms with Crippen molar-refractivity contribution < 1.29 is 18.7 Å². The summed E-state index contributed by atoms with van der Waals surface area (Å²) in [5, 5.41) is 3.88. The van der Waals surface area contributed by atoms with Gasteiger partial charge < -0.3 is 19.2 Å². The summed E-state index contributed by atoms with van der Waals surface area (Å²) >= 11 is 0. The molecule has 0 aliphatic carbocycles. The number of carbonyl (C=O) groups excluding carboxylic acids is 1. The molecule has 0 atom stereocenters. The second-order valence-corrected chi connectivity index (χ2v) is 7.18. The van der Waals surface area contributed by atoms with E-state index in [1.54, 1.807) is 19.4 Å². The Kier molecular flexibility index (Phi) is 6.83. The molecule has 2 aromatic carbocycles. The maximum Gasteiger partial charge on any atom is 0.244 e. The Hall–Kier alpha value is -3.21. The fraction of sp³-hybridized carbons (Fsp3) is 0.320. The van der Waals surface area contributed by atoms with Crippen LogP contribution < -0.4 is 14.8 Å². The summed E-state index contributed by atoms with van der Waals surface area (Å²) in [7, 11) is 1.65. The summed E-state index contributed by atoms with van der Waals surface area (Å²) in [6.07, 6.45) is 4.30. The van der Waals surface area contributed by atoms with Crippen molar-refractivity contribution in [2.24, 2.45) is 0 Å². The molecule has 0 unspecified atom stereocenters. The van der Waals surface area contributed by atoms with Crippen LogP contribution in [0, 0.1) is 6.92 Å². The molecule has 0 saturated heterocycles. The Morgan fingerprint density at radius 3 is 2.57 bits per heavy atom. The normalized spacial score (nSPS) is 11.6. The Morgan fingerprint density at radius 1 is 1.20 bits per heavy atom.